The van der Waals surface area contributed by atoms with Crippen LogP contribution in [0, 0.1) is 11.3 Å². The smallest absolute Gasteiger partial charge is 0.328 e. The van der Waals surface area contributed by atoms with E-state index >= 15 is 0 Å². The third-order valence-electron chi connectivity index (χ3n) is 5.99. The topological polar surface area (TPSA) is 140 Å². The van der Waals surface area contributed by atoms with Gasteiger partial charge in [0.2, 0.25) is 0 Å². The summed E-state index contributed by atoms with van der Waals surface area (Å²) in [6, 6.07) is 11.2. The number of carbonyl (C=O) groups excluding carboxylic acids is 2. The van der Waals surface area contributed by atoms with E-state index in [2.05, 4.69) is 9.97 Å². The molecule has 2 aromatic rings. The van der Waals surface area contributed by atoms with E-state index in [1.165, 1.54) is 6.33 Å². The number of hydrogen-bond acceptors (Lipinski definition) is 8. The van der Waals surface area contributed by atoms with Crippen LogP contribution in [0.5, 0.6) is 0 Å². The Kier molecular flexibility index (Phi) is 5.44. The van der Waals surface area contributed by atoms with Crippen LogP contribution in [-0.2, 0) is 11.3 Å². The van der Waals surface area contributed by atoms with Gasteiger partial charge in [0.25, 0.3) is 5.91 Å². The summed E-state index contributed by atoms with van der Waals surface area (Å²) in [7, 11) is 0. The molecule has 0 unspecified atom stereocenters. The Morgan fingerprint density at radius 3 is 2.52 bits per heavy atom. The molecule has 0 atom stereocenters. The number of imide groups is 1. The van der Waals surface area contributed by atoms with Crippen molar-refractivity contribution in [1.29, 1.82) is 5.26 Å². The molecule has 0 saturated carbocycles. The Labute approximate surface area is 179 Å². The Hall–Kier alpha value is -3.71. The zero-order chi connectivity index (χ0) is 22.0. The Morgan fingerprint density at radius 1 is 1.16 bits per heavy atom. The number of rotatable bonds is 5. The SMILES string of the molecule is N#Cc1c(N)ncnc1N1CCC2(CC1)C(=O)N(CCO)C(=O)N2Cc1ccccc1. The Morgan fingerprint density at radius 2 is 1.87 bits per heavy atom. The van der Waals surface area contributed by atoms with E-state index in [1.54, 1.807) is 4.90 Å². The van der Waals surface area contributed by atoms with Gasteiger partial charge in [-0.3, -0.25) is 9.69 Å². The van der Waals surface area contributed by atoms with Crippen LogP contribution in [-0.4, -0.2) is 68.6 Å². The van der Waals surface area contributed by atoms with E-state index in [0.29, 0.717) is 38.3 Å². The van der Waals surface area contributed by atoms with Crippen LogP contribution in [0.2, 0.25) is 0 Å². The number of amides is 3. The minimum absolute atomic E-state index is 0.0323. The fraction of sp³-hybridized carbons (Fsp3) is 0.381. The van der Waals surface area contributed by atoms with Gasteiger partial charge in [-0.05, 0) is 18.4 Å². The Bertz CT molecular complexity index is 1030. The minimum Gasteiger partial charge on any atom is -0.395 e. The number of nitriles is 1. The molecule has 1 spiro atoms. The molecule has 2 fully saturated rings. The molecule has 1 aromatic carbocycles. The normalized spacial score (nSPS) is 18.0. The lowest BCUT2D eigenvalue weighted by molar-refractivity contribution is -0.134. The maximum absolute atomic E-state index is 13.3. The average Bonchev–Trinajstić information content (AvgIpc) is 2.97. The number of benzene rings is 1. The van der Waals surface area contributed by atoms with Crippen molar-refractivity contribution in [2.24, 2.45) is 0 Å². The third kappa shape index (κ3) is 3.43. The highest BCUT2D eigenvalue weighted by atomic mass is 16.3. The zero-order valence-corrected chi connectivity index (χ0v) is 16.9. The van der Waals surface area contributed by atoms with E-state index in [9.17, 15) is 20.0 Å². The molecular weight excluding hydrogens is 398 g/mol. The standard InChI is InChI=1S/C21H23N7O3/c22-12-16-17(23)24-14-25-18(16)26-8-6-21(7-9-26)19(30)27(10-11-29)20(31)28(21)13-15-4-2-1-3-5-15/h1-5,14,29H,6-11,13H2,(H2,23,24,25). The maximum atomic E-state index is 13.3. The second kappa shape index (κ2) is 8.20. The van der Waals surface area contributed by atoms with Gasteiger partial charge >= 0.3 is 6.03 Å². The van der Waals surface area contributed by atoms with Crippen LogP contribution in [0.1, 0.15) is 24.0 Å². The summed E-state index contributed by atoms with van der Waals surface area (Å²) in [5.41, 5.74) is 5.95. The van der Waals surface area contributed by atoms with Crippen LogP contribution in [0.25, 0.3) is 0 Å². The lowest BCUT2D eigenvalue weighted by Crippen LogP contribution is -2.56. The van der Waals surface area contributed by atoms with E-state index < -0.39 is 5.54 Å². The molecule has 3 amide bonds. The molecule has 0 bridgehead atoms. The van der Waals surface area contributed by atoms with Crippen molar-refractivity contribution in [3.8, 4) is 6.07 Å². The highest BCUT2D eigenvalue weighted by molar-refractivity contribution is 6.07. The van der Waals surface area contributed by atoms with E-state index in [4.69, 9.17) is 5.73 Å². The van der Waals surface area contributed by atoms with Crippen molar-refractivity contribution in [3.63, 3.8) is 0 Å². The molecule has 2 aliphatic rings. The molecule has 31 heavy (non-hydrogen) atoms. The van der Waals surface area contributed by atoms with Crippen LogP contribution in [0.3, 0.4) is 0 Å². The van der Waals surface area contributed by atoms with E-state index in [1.807, 2.05) is 41.3 Å². The summed E-state index contributed by atoms with van der Waals surface area (Å²) in [5.74, 6) is 0.257. The zero-order valence-electron chi connectivity index (χ0n) is 16.9. The first-order valence-electron chi connectivity index (χ1n) is 10.1. The van der Waals surface area contributed by atoms with Gasteiger partial charge in [-0.15, -0.1) is 0 Å². The van der Waals surface area contributed by atoms with Gasteiger partial charge < -0.3 is 20.6 Å². The number of nitrogens with two attached hydrogens (primary N) is 1. The number of aromatic nitrogens is 2. The van der Waals surface area contributed by atoms with Crippen molar-refractivity contribution in [2.75, 3.05) is 36.9 Å². The number of carbonyl (C=O) groups is 2. The van der Waals surface area contributed by atoms with Gasteiger partial charge in [-0.1, -0.05) is 30.3 Å². The average molecular weight is 421 g/mol. The van der Waals surface area contributed by atoms with Crippen molar-refractivity contribution in [1.82, 2.24) is 19.8 Å². The predicted molar refractivity (Wildman–Crippen MR) is 112 cm³/mol. The van der Waals surface area contributed by atoms with Crippen molar-refractivity contribution < 1.29 is 14.7 Å². The first kappa shape index (κ1) is 20.6. The monoisotopic (exact) mass is 421 g/mol. The van der Waals surface area contributed by atoms with Gasteiger partial charge in [-0.25, -0.2) is 14.8 Å². The van der Waals surface area contributed by atoms with Crippen LogP contribution >= 0.6 is 0 Å². The van der Waals surface area contributed by atoms with Crippen LogP contribution < -0.4 is 10.6 Å². The molecule has 2 saturated heterocycles. The lowest BCUT2D eigenvalue weighted by Gasteiger charge is -2.42. The number of aliphatic hydroxyl groups excluding tert-OH is 1. The summed E-state index contributed by atoms with van der Waals surface area (Å²) in [6.07, 6.45) is 2.06. The van der Waals surface area contributed by atoms with Gasteiger partial charge in [-0.2, -0.15) is 5.26 Å². The van der Waals surface area contributed by atoms with Crippen molar-refractivity contribution in [3.05, 3.63) is 47.8 Å². The van der Waals surface area contributed by atoms with Crippen LogP contribution in [0.4, 0.5) is 16.4 Å². The molecule has 3 N–H and O–H groups in total. The summed E-state index contributed by atoms with van der Waals surface area (Å²) >= 11 is 0. The number of urea groups is 1. The number of aliphatic hydroxyl groups is 1. The molecule has 4 rings (SSSR count). The number of piperidine rings is 1. The molecule has 10 heteroatoms. The number of anilines is 2. The predicted octanol–water partition coefficient (Wildman–Crippen LogP) is 0.726. The van der Waals surface area contributed by atoms with Crippen LogP contribution in [0.15, 0.2) is 36.7 Å². The van der Waals surface area contributed by atoms with Crippen molar-refractivity contribution in [2.45, 2.75) is 24.9 Å². The molecule has 2 aliphatic heterocycles. The molecular formula is C21H23N7O3. The molecule has 160 valence electrons. The molecule has 1 aromatic heterocycles. The summed E-state index contributed by atoms with van der Waals surface area (Å²) in [5, 5.41) is 18.8. The third-order valence-corrected chi connectivity index (χ3v) is 5.99. The number of nitrogen functional groups attached to an aromatic ring is 1. The molecule has 3 heterocycles. The summed E-state index contributed by atoms with van der Waals surface area (Å²) < 4.78 is 0. The second-order valence-electron chi connectivity index (χ2n) is 7.62. The number of β-amino-alcohol motifs (C(OH)–C–C–N with tert-alkyl or cyclic N) is 1. The fourth-order valence-corrected chi connectivity index (χ4v) is 4.37. The lowest BCUT2D eigenvalue weighted by atomic mass is 9.85. The first-order valence-corrected chi connectivity index (χ1v) is 10.1. The molecule has 0 aliphatic carbocycles. The second-order valence-corrected chi connectivity index (χ2v) is 7.62. The summed E-state index contributed by atoms with van der Waals surface area (Å²) in [6.45, 7) is 0.822. The van der Waals surface area contributed by atoms with E-state index in [0.717, 1.165) is 10.5 Å². The Balaban J connectivity index is 1.63. The number of nitrogens with zero attached hydrogens (tertiary/aromatic N) is 6. The quantitative estimate of drug-likeness (QED) is 0.673. The van der Waals surface area contributed by atoms with Gasteiger partial charge in [0.15, 0.2) is 5.82 Å². The van der Waals surface area contributed by atoms with Gasteiger partial charge in [0.05, 0.1) is 13.2 Å². The minimum atomic E-state index is -0.996. The highest BCUT2D eigenvalue weighted by Crippen LogP contribution is 2.39. The maximum Gasteiger partial charge on any atom is 0.328 e. The number of hydrogen-bond donors (Lipinski definition) is 2. The molecule has 10 nitrogen and oxygen atoms in total. The first-order chi connectivity index (χ1) is 15.0. The van der Waals surface area contributed by atoms with Crippen molar-refractivity contribution >= 4 is 23.6 Å². The summed E-state index contributed by atoms with van der Waals surface area (Å²) in [4.78, 5) is 39.2. The molecule has 0 radical (unpaired) electrons. The van der Waals surface area contributed by atoms with Gasteiger partial charge in [0, 0.05) is 19.6 Å². The van der Waals surface area contributed by atoms with Gasteiger partial charge in [0.1, 0.15) is 29.3 Å². The fourth-order valence-electron chi connectivity index (χ4n) is 4.37. The largest absolute Gasteiger partial charge is 0.395 e. The highest BCUT2D eigenvalue weighted by Gasteiger charge is 2.57. The van der Waals surface area contributed by atoms with E-state index in [-0.39, 0.29) is 36.5 Å².